The zero-order valence-corrected chi connectivity index (χ0v) is 15.9. The monoisotopic (exact) mass is 299 g/mol. The van der Waals surface area contributed by atoms with Gasteiger partial charge in [0.2, 0.25) is 0 Å². The van der Waals surface area contributed by atoms with Gasteiger partial charge in [0.25, 0.3) is 0 Å². The first kappa shape index (κ1) is 19.9. The van der Waals surface area contributed by atoms with Crippen LogP contribution >= 0.6 is 12.2 Å². The van der Waals surface area contributed by atoms with E-state index < -0.39 is 0 Å². The summed E-state index contributed by atoms with van der Waals surface area (Å²) in [6, 6.07) is 0.543. The lowest BCUT2D eigenvalue weighted by Gasteiger charge is -2.40. The van der Waals surface area contributed by atoms with Gasteiger partial charge in [-0.25, -0.2) is 0 Å². The zero-order chi connectivity index (χ0) is 15.9. The molecule has 1 nitrogen and oxygen atoms in total. The molecule has 0 aliphatic heterocycles. The Morgan fingerprint density at radius 3 is 2.00 bits per heavy atom. The molecule has 0 saturated heterocycles. The Morgan fingerprint density at radius 2 is 1.60 bits per heavy atom. The summed E-state index contributed by atoms with van der Waals surface area (Å²) in [4.78, 5) is 3.62. The molecular weight excluding hydrogens is 262 g/mol. The summed E-state index contributed by atoms with van der Waals surface area (Å²) >= 11 is 5.73. The topological polar surface area (TPSA) is 3.24 Å². The standard InChI is InChI=1S/C14H27NS.C4H10/c1-6-15(10(2)3)14(16)13-9-7-8-11(4)12(13)5;1-4(2)3/h10-13H,6-9H2,1-5H3;4H,1-3H3. The highest BCUT2D eigenvalue weighted by Gasteiger charge is 2.32. The van der Waals surface area contributed by atoms with Gasteiger partial charge in [-0.1, -0.05) is 59.7 Å². The molecule has 0 N–H and O–H groups in total. The fourth-order valence-corrected chi connectivity index (χ4v) is 3.59. The van der Waals surface area contributed by atoms with Gasteiger partial charge in [-0.2, -0.15) is 0 Å². The Hall–Kier alpha value is -0.110. The van der Waals surface area contributed by atoms with Crippen molar-refractivity contribution in [2.24, 2.45) is 23.7 Å². The fourth-order valence-electron chi connectivity index (χ4n) is 2.92. The summed E-state index contributed by atoms with van der Waals surface area (Å²) in [5.74, 6) is 3.07. The molecule has 0 aromatic rings. The highest BCUT2D eigenvalue weighted by atomic mass is 32.1. The lowest BCUT2D eigenvalue weighted by atomic mass is 9.73. The Labute approximate surface area is 133 Å². The van der Waals surface area contributed by atoms with E-state index in [-0.39, 0.29) is 0 Å². The summed E-state index contributed by atoms with van der Waals surface area (Å²) in [7, 11) is 0. The Morgan fingerprint density at radius 1 is 1.10 bits per heavy atom. The number of nitrogens with zero attached hydrogens (tertiary/aromatic N) is 1. The highest BCUT2D eigenvalue weighted by Crippen LogP contribution is 2.36. The molecule has 1 saturated carbocycles. The van der Waals surface area contributed by atoms with Crippen molar-refractivity contribution in [3.63, 3.8) is 0 Å². The van der Waals surface area contributed by atoms with Crippen molar-refractivity contribution in [1.82, 2.24) is 4.90 Å². The third-order valence-electron chi connectivity index (χ3n) is 4.27. The summed E-state index contributed by atoms with van der Waals surface area (Å²) in [5.41, 5.74) is 0. The molecule has 3 atom stereocenters. The largest absolute Gasteiger partial charge is 0.364 e. The normalized spacial score (nSPS) is 26.2. The van der Waals surface area contributed by atoms with Crippen molar-refractivity contribution in [3.05, 3.63) is 0 Å². The van der Waals surface area contributed by atoms with E-state index in [1.165, 1.54) is 24.3 Å². The molecule has 120 valence electrons. The molecule has 0 amide bonds. The van der Waals surface area contributed by atoms with E-state index in [4.69, 9.17) is 12.2 Å². The average molecular weight is 300 g/mol. The van der Waals surface area contributed by atoms with Crippen LogP contribution in [0, 0.1) is 23.7 Å². The molecule has 1 rings (SSSR count). The van der Waals surface area contributed by atoms with Crippen molar-refractivity contribution in [2.75, 3.05) is 6.54 Å². The van der Waals surface area contributed by atoms with Crippen LogP contribution < -0.4 is 0 Å². The lowest BCUT2D eigenvalue weighted by molar-refractivity contribution is 0.214. The predicted molar refractivity (Wildman–Crippen MR) is 96.3 cm³/mol. The maximum Gasteiger partial charge on any atom is 0.0815 e. The molecule has 1 fully saturated rings. The Balaban J connectivity index is 0.000000796. The van der Waals surface area contributed by atoms with Gasteiger partial charge in [-0.3, -0.25) is 0 Å². The van der Waals surface area contributed by atoms with Gasteiger partial charge in [0.1, 0.15) is 0 Å². The van der Waals surface area contributed by atoms with Gasteiger partial charge in [-0.15, -0.1) is 0 Å². The van der Waals surface area contributed by atoms with Crippen LogP contribution in [0.5, 0.6) is 0 Å². The third kappa shape index (κ3) is 6.56. The molecule has 0 heterocycles. The van der Waals surface area contributed by atoms with E-state index in [9.17, 15) is 0 Å². The van der Waals surface area contributed by atoms with Crippen molar-refractivity contribution in [2.45, 2.75) is 80.7 Å². The van der Waals surface area contributed by atoms with E-state index in [2.05, 4.69) is 60.3 Å². The smallest absolute Gasteiger partial charge is 0.0815 e. The first-order valence-electron chi connectivity index (χ1n) is 8.52. The van der Waals surface area contributed by atoms with Gasteiger partial charge in [-0.05, 0) is 44.9 Å². The van der Waals surface area contributed by atoms with Gasteiger partial charge in [0.15, 0.2) is 0 Å². The number of thiocarbonyl (C=S) groups is 1. The second-order valence-corrected chi connectivity index (χ2v) is 7.74. The van der Waals surface area contributed by atoms with Crippen LogP contribution in [0.25, 0.3) is 0 Å². The molecule has 0 radical (unpaired) electrons. The van der Waals surface area contributed by atoms with Gasteiger partial charge < -0.3 is 4.90 Å². The maximum atomic E-state index is 5.73. The number of rotatable bonds is 3. The lowest BCUT2D eigenvalue weighted by Crippen LogP contribution is -2.43. The minimum absolute atomic E-state index is 0.543. The molecule has 0 aromatic heterocycles. The third-order valence-corrected chi connectivity index (χ3v) is 4.81. The first-order valence-corrected chi connectivity index (χ1v) is 8.93. The van der Waals surface area contributed by atoms with Gasteiger partial charge in [0.05, 0.1) is 4.99 Å². The van der Waals surface area contributed by atoms with Crippen LogP contribution in [-0.2, 0) is 0 Å². The molecule has 1 aliphatic rings. The highest BCUT2D eigenvalue weighted by molar-refractivity contribution is 7.80. The Kier molecular flexibility index (Phi) is 9.71. The van der Waals surface area contributed by atoms with E-state index in [0.717, 1.165) is 24.3 Å². The van der Waals surface area contributed by atoms with Gasteiger partial charge in [0, 0.05) is 18.5 Å². The van der Waals surface area contributed by atoms with E-state index in [0.29, 0.717) is 12.0 Å². The second-order valence-electron chi connectivity index (χ2n) is 7.32. The van der Waals surface area contributed by atoms with Crippen LogP contribution in [0.2, 0.25) is 0 Å². The van der Waals surface area contributed by atoms with E-state index in [1.54, 1.807) is 0 Å². The fraction of sp³-hybridized carbons (Fsp3) is 0.944. The summed E-state index contributed by atoms with van der Waals surface area (Å²) in [6.07, 6.45) is 4.04. The zero-order valence-electron chi connectivity index (χ0n) is 15.1. The molecule has 0 spiro atoms. The van der Waals surface area contributed by atoms with Crippen molar-refractivity contribution in [1.29, 1.82) is 0 Å². The molecule has 0 bridgehead atoms. The van der Waals surface area contributed by atoms with Gasteiger partial charge >= 0.3 is 0 Å². The predicted octanol–water partition coefficient (Wildman–Crippen LogP) is 5.78. The quantitative estimate of drug-likeness (QED) is 0.608. The average Bonchev–Trinajstić information content (AvgIpc) is 2.32. The molecule has 20 heavy (non-hydrogen) atoms. The van der Waals surface area contributed by atoms with E-state index >= 15 is 0 Å². The minimum atomic E-state index is 0.543. The molecule has 1 aliphatic carbocycles. The number of hydrogen-bond donors (Lipinski definition) is 0. The molecule has 2 heteroatoms. The van der Waals surface area contributed by atoms with Crippen LogP contribution in [0.1, 0.15) is 74.7 Å². The summed E-state index contributed by atoms with van der Waals surface area (Å²) in [5, 5.41) is 0. The van der Waals surface area contributed by atoms with Crippen LogP contribution in [0.15, 0.2) is 0 Å². The first-order chi connectivity index (χ1) is 9.22. The van der Waals surface area contributed by atoms with Crippen molar-refractivity contribution >= 4 is 17.2 Å². The minimum Gasteiger partial charge on any atom is -0.364 e. The van der Waals surface area contributed by atoms with E-state index in [1.807, 2.05) is 0 Å². The van der Waals surface area contributed by atoms with Crippen LogP contribution in [-0.4, -0.2) is 22.5 Å². The number of hydrogen-bond acceptors (Lipinski definition) is 1. The van der Waals surface area contributed by atoms with Crippen LogP contribution in [0.3, 0.4) is 0 Å². The Bertz CT molecular complexity index is 270. The molecule has 0 aromatic carbocycles. The summed E-state index contributed by atoms with van der Waals surface area (Å²) in [6.45, 7) is 19.0. The SMILES string of the molecule is CC(C)C.CCN(C(=S)C1CCCC(C)C1C)C(C)C. The van der Waals surface area contributed by atoms with Crippen molar-refractivity contribution in [3.8, 4) is 0 Å². The van der Waals surface area contributed by atoms with Crippen molar-refractivity contribution < 1.29 is 0 Å². The maximum absolute atomic E-state index is 5.73. The molecule has 3 unspecified atom stereocenters. The summed E-state index contributed by atoms with van der Waals surface area (Å²) < 4.78 is 0. The molecular formula is C18H37NS. The van der Waals surface area contributed by atoms with Crippen LogP contribution in [0.4, 0.5) is 0 Å². The second kappa shape index (κ2) is 9.76.